The van der Waals surface area contributed by atoms with Crippen molar-refractivity contribution in [2.75, 3.05) is 31.2 Å². The molecule has 2 aromatic carbocycles. The molecule has 1 fully saturated rings. The summed E-state index contributed by atoms with van der Waals surface area (Å²) in [5.41, 5.74) is 2.65. The number of sulfonamides is 1. The number of benzene rings is 2. The maximum absolute atomic E-state index is 12.8. The lowest BCUT2D eigenvalue weighted by atomic mass is 9.95. The summed E-state index contributed by atoms with van der Waals surface area (Å²) in [7, 11) is -3.27. The molecule has 31 heavy (non-hydrogen) atoms. The van der Waals surface area contributed by atoms with E-state index in [1.54, 1.807) is 4.90 Å². The third-order valence-electron chi connectivity index (χ3n) is 5.74. The first-order valence-electron chi connectivity index (χ1n) is 9.81. The molecule has 1 N–H and O–H groups in total. The quantitative estimate of drug-likeness (QED) is 0.772. The van der Waals surface area contributed by atoms with Gasteiger partial charge in [0.2, 0.25) is 15.9 Å². The van der Waals surface area contributed by atoms with Gasteiger partial charge in [-0.15, -0.1) is 0 Å². The maximum Gasteiger partial charge on any atom is 0.416 e. The molecule has 0 bridgehead atoms. The van der Waals surface area contributed by atoms with Crippen molar-refractivity contribution in [3.8, 4) is 0 Å². The Morgan fingerprint density at radius 2 is 1.77 bits per heavy atom. The van der Waals surface area contributed by atoms with E-state index >= 15 is 0 Å². The third-order valence-corrected chi connectivity index (χ3v) is 6.97. The van der Waals surface area contributed by atoms with Crippen molar-refractivity contribution < 1.29 is 26.4 Å². The van der Waals surface area contributed by atoms with Gasteiger partial charge in [-0.2, -0.15) is 13.2 Å². The number of carbonyl (C=O) groups is 1. The number of carbonyl (C=O) groups excluding carboxylic acids is 1. The van der Waals surface area contributed by atoms with Crippen molar-refractivity contribution in [3.05, 3.63) is 59.2 Å². The lowest BCUT2D eigenvalue weighted by Crippen LogP contribution is -2.56. The van der Waals surface area contributed by atoms with E-state index in [4.69, 9.17) is 0 Å². The number of alkyl halides is 3. The molecular weight excluding hydrogens is 431 g/mol. The van der Waals surface area contributed by atoms with Crippen LogP contribution in [0.25, 0.3) is 0 Å². The molecular formula is C21H22F3N3O3S. The molecule has 2 aliphatic heterocycles. The van der Waals surface area contributed by atoms with Crippen molar-refractivity contribution in [3.63, 3.8) is 0 Å². The van der Waals surface area contributed by atoms with E-state index in [-0.39, 0.29) is 24.9 Å². The molecule has 10 heteroatoms. The van der Waals surface area contributed by atoms with Crippen LogP contribution in [0.15, 0.2) is 42.5 Å². The lowest BCUT2D eigenvalue weighted by Gasteiger charge is -2.40. The van der Waals surface area contributed by atoms with E-state index in [1.807, 2.05) is 18.2 Å². The zero-order valence-corrected chi connectivity index (χ0v) is 17.6. The van der Waals surface area contributed by atoms with Crippen LogP contribution >= 0.6 is 0 Å². The molecule has 2 heterocycles. The second kappa shape index (κ2) is 7.83. The summed E-state index contributed by atoms with van der Waals surface area (Å²) in [5, 5.41) is 3.18. The molecule has 0 radical (unpaired) electrons. The fraction of sp³-hybridized carbons (Fsp3) is 0.381. The number of halogens is 3. The summed E-state index contributed by atoms with van der Waals surface area (Å²) in [4.78, 5) is 14.5. The highest BCUT2D eigenvalue weighted by Crippen LogP contribution is 2.33. The Kier molecular flexibility index (Phi) is 5.47. The van der Waals surface area contributed by atoms with Crippen molar-refractivity contribution >= 4 is 27.3 Å². The van der Waals surface area contributed by atoms with Crippen molar-refractivity contribution in [1.82, 2.24) is 9.21 Å². The molecule has 2 aliphatic rings. The van der Waals surface area contributed by atoms with Gasteiger partial charge >= 0.3 is 6.18 Å². The van der Waals surface area contributed by atoms with Crippen LogP contribution in [0.3, 0.4) is 0 Å². The van der Waals surface area contributed by atoms with E-state index in [9.17, 15) is 26.4 Å². The average molecular weight is 453 g/mol. The van der Waals surface area contributed by atoms with Gasteiger partial charge < -0.3 is 10.2 Å². The zero-order chi connectivity index (χ0) is 22.4. The first-order valence-corrected chi connectivity index (χ1v) is 11.7. The number of fused-ring (bicyclic) bond motifs is 1. The van der Waals surface area contributed by atoms with Crippen LogP contribution in [0.1, 0.15) is 16.7 Å². The molecule has 0 aliphatic carbocycles. The monoisotopic (exact) mass is 453 g/mol. The molecule has 6 nitrogen and oxygen atoms in total. The molecule has 166 valence electrons. The van der Waals surface area contributed by atoms with Gasteiger partial charge in [0.25, 0.3) is 0 Å². The van der Waals surface area contributed by atoms with Gasteiger partial charge in [0.1, 0.15) is 0 Å². The predicted octanol–water partition coefficient (Wildman–Crippen LogP) is 3.23. The highest BCUT2D eigenvalue weighted by molar-refractivity contribution is 7.88. The minimum atomic E-state index is -4.38. The zero-order valence-electron chi connectivity index (χ0n) is 16.8. The Hall–Kier alpha value is -2.59. The number of hydrogen-bond donors (Lipinski definition) is 1. The van der Waals surface area contributed by atoms with Crippen LogP contribution in [-0.2, 0) is 34.0 Å². The normalized spacial score (nSPS) is 17.7. The number of anilines is 2. The van der Waals surface area contributed by atoms with Crippen LogP contribution < -0.4 is 5.32 Å². The summed E-state index contributed by atoms with van der Waals surface area (Å²) in [6.45, 7) is 1.37. The number of hydrogen-bond acceptors (Lipinski definition) is 4. The van der Waals surface area contributed by atoms with Gasteiger partial charge in [0.05, 0.1) is 17.7 Å². The molecule has 4 rings (SSSR count). The average Bonchev–Trinajstić information content (AvgIpc) is 2.65. The molecule has 1 saturated heterocycles. The van der Waals surface area contributed by atoms with Gasteiger partial charge in [-0.3, -0.25) is 4.79 Å². The van der Waals surface area contributed by atoms with Crippen LogP contribution in [0, 0.1) is 5.92 Å². The number of amides is 1. The highest BCUT2D eigenvalue weighted by Gasteiger charge is 2.40. The van der Waals surface area contributed by atoms with Crippen molar-refractivity contribution in [2.24, 2.45) is 5.92 Å². The summed E-state index contributed by atoms with van der Waals surface area (Å²) in [6.07, 6.45) is -2.64. The first-order chi connectivity index (χ1) is 14.5. The molecule has 1 amide bonds. The first kappa shape index (κ1) is 21.6. The summed E-state index contributed by atoms with van der Waals surface area (Å²) in [5.74, 6) is -0.364. The lowest BCUT2D eigenvalue weighted by molar-refractivity contribution is -0.140. The van der Waals surface area contributed by atoms with E-state index in [2.05, 4.69) is 5.32 Å². The number of nitrogens with one attached hydrogen (secondary N) is 1. The molecule has 0 unspecified atom stereocenters. The second-order valence-electron chi connectivity index (χ2n) is 7.93. The molecule has 0 atom stereocenters. The van der Waals surface area contributed by atoms with Crippen LogP contribution in [0.5, 0.6) is 0 Å². The Balaban J connectivity index is 1.44. The predicted molar refractivity (Wildman–Crippen MR) is 110 cm³/mol. The van der Waals surface area contributed by atoms with E-state index in [1.165, 1.54) is 16.4 Å². The second-order valence-corrected chi connectivity index (χ2v) is 9.91. The van der Waals surface area contributed by atoms with Gasteiger partial charge in [0, 0.05) is 37.6 Å². The summed E-state index contributed by atoms with van der Waals surface area (Å²) < 4.78 is 62.6. The maximum atomic E-state index is 12.8. The Morgan fingerprint density at radius 1 is 1.10 bits per heavy atom. The fourth-order valence-corrected chi connectivity index (χ4v) is 4.84. The molecule has 0 spiro atoms. The van der Waals surface area contributed by atoms with E-state index in [0.29, 0.717) is 25.2 Å². The Morgan fingerprint density at radius 3 is 2.39 bits per heavy atom. The topological polar surface area (TPSA) is 69.7 Å². The van der Waals surface area contributed by atoms with Gasteiger partial charge in [0.15, 0.2) is 0 Å². The summed E-state index contributed by atoms with van der Waals surface area (Å²) >= 11 is 0. The van der Waals surface area contributed by atoms with E-state index in [0.717, 1.165) is 35.2 Å². The molecule has 0 saturated carbocycles. The van der Waals surface area contributed by atoms with Crippen LogP contribution in [0.2, 0.25) is 0 Å². The SMILES string of the molecule is CS(=O)(=O)N1CC(C(=O)N2CCc3c(cccc3Nc3ccc(C(F)(F)F)cc3)C2)C1. The molecule has 2 aromatic rings. The van der Waals surface area contributed by atoms with Crippen molar-refractivity contribution in [2.45, 2.75) is 19.1 Å². The molecule has 0 aromatic heterocycles. The minimum absolute atomic E-state index is 0.0494. The smallest absolute Gasteiger partial charge is 0.355 e. The minimum Gasteiger partial charge on any atom is -0.355 e. The number of nitrogens with zero attached hydrogens (tertiary/aromatic N) is 2. The van der Waals surface area contributed by atoms with Crippen LogP contribution in [-0.4, -0.2) is 49.4 Å². The summed E-state index contributed by atoms with van der Waals surface area (Å²) in [6, 6.07) is 10.5. The van der Waals surface area contributed by atoms with Crippen molar-refractivity contribution in [1.29, 1.82) is 0 Å². The van der Waals surface area contributed by atoms with Gasteiger partial charge in [-0.25, -0.2) is 12.7 Å². The van der Waals surface area contributed by atoms with Crippen LogP contribution in [0.4, 0.5) is 24.5 Å². The largest absolute Gasteiger partial charge is 0.416 e. The number of rotatable bonds is 4. The highest BCUT2D eigenvalue weighted by atomic mass is 32.2. The van der Waals surface area contributed by atoms with Gasteiger partial charge in [-0.05, 0) is 47.9 Å². The van der Waals surface area contributed by atoms with Gasteiger partial charge in [-0.1, -0.05) is 12.1 Å². The standard InChI is InChI=1S/C21H22F3N3O3S/c1-31(29,30)27-12-15(13-27)20(28)26-10-9-18-14(11-26)3-2-4-19(18)25-17-7-5-16(6-8-17)21(22,23)24/h2-8,15,25H,9-13H2,1H3. The third kappa shape index (κ3) is 4.54. The van der Waals surface area contributed by atoms with E-state index < -0.39 is 21.8 Å². The Bertz CT molecular complexity index is 1100. The fourth-order valence-electron chi connectivity index (χ4n) is 3.94. The Labute approximate surface area is 178 Å².